The summed E-state index contributed by atoms with van der Waals surface area (Å²) >= 11 is 2.88. The number of carboxylic acid groups (broad SMARTS) is 1. The molecule has 0 aliphatic heterocycles. The van der Waals surface area contributed by atoms with E-state index in [2.05, 4.69) is 5.32 Å². The maximum Gasteiger partial charge on any atom is 0.348 e. The van der Waals surface area contributed by atoms with Crippen LogP contribution in [0.4, 0.5) is 10.8 Å². The maximum absolute atomic E-state index is 11.9. The SMILES string of the molecule is COc1ccc(-c2nc(Nc3cc(-c4ccccc4)sc3C(=O)O)sc2C2CC2)cc1. The summed E-state index contributed by atoms with van der Waals surface area (Å²) in [5.74, 6) is 0.401. The first-order valence-corrected chi connectivity index (χ1v) is 11.6. The minimum absolute atomic E-state index is 0.285. The van der Waals surface area contributed by atoms with Crippen molar-refractivity contribution >= 4 is 39.5 Å². The minimum Gasteiger partial charge on any atom is -0.497 e. The summed E-state index contributed by atoms with van der Waals surface area (Å²) in [5.41, 5.74) is 3.59. The van der Waals surface area contributed by atoms with E-state index < -0.39 is 5.97 Å². The van der Waals surface area contributed by atoms with E-state index in [9.17, 15) is 9.90 Å². The third kappa shape index (κ3) is 4.06. The van der Waals surface area contributed by atoms with E-state index in [0.29, 0.717) is 16.7 Å². The Morgan fingerprint density at radius 2 is 1.81 bits per heavy atom. The normalized spacial score (nSPS) is 13.2. The Hall–Kier alpha value is -3.16. The van der Waals surface area contributed by atoms with Gasteiger partial charge in [0.15, 0.2) is 5.13 Å². The van der Waals surface area contributed by atoms with E-state index in [1.807, 2.05) is 60.7 Å². The lowest BCUT2D eigenvalue weighted by atomic mass is 10.1. The number of nitrogens with zero attached hydrogens (tertiary/aromatic N) is 1. The van der Waals surface area contributed by atoms with Crippen LogP contribution in [0.2, 0.25) is 0 Å². The summed E-state index contributed by atoms with van der Waals surface area (Å²) in [6.07, 6.45) is 2.34. The molecule has 1 aliphatic carbocycles. The van der Waals surface area contributed by atoms with Crippen LogP contribution in [-0.2, 0) is 0 Å². The zero-order valence-corrected chi connectivity index (χ0v) is 18.4. The summed E-state index contributed by atoms with van der Waals surface area (Å²) < 4.78 is 5.27. The van der Waals surface area contributed by atoms with Crippen LogP contribution >= 0.6 is 22.7 Å². The van der Waals surface area contributed by atoms with Crippen molar-refractivity contribution in [2.75, 3.05) is 12.4 Å². The zero-order chi connectivity index (χ0) is 21.4. The highest BCUT2D eigenvalue weighted by Gasteiger charge is 2.30. The molecule has 7 heteroatoms. The Labute approximate surface area is 188 Å². The van der Waals surface area contributed by atoms with E-state index >= 15 is 0 Å². The number of carboxylic acids is 1. The molecule has 0 saturated heterocycles. The molecule has 2 aromatic carbocycles. The number of rotatable bonds is 7. The predicted octanol–water partition coefficient (Wildman–Crippen LogP) is 6.87. The molecule has 156 valence electrons. The Bertz CT molecular complexity index is 1230. The third-order valence-corrected chi connectivity index (χ3v) is 7.50. The Morgan fingerprint density at radius 3 is 2.45 bits per heavy atom. The van der Waals surface area contributed by atoms with Crippen LogP contribution in [0, 0.1) is 0 Å². The molecule has 0 atom stereocenters. The van der Waals surface area contributed by atoms with E-state index in [4.69, 9.17) is 9.72 Å². The molecule has 2 N–H and O–H groups in total. The highest BCUT2D eigenvalue weighted by atomic mass is 32.1. The molecule has 31 heavy (non-hydrogen) atoms. The number of aromatic carboxylic acids is 1. The van der Waals surface area contributed by atoms with Crippen LogP contribution in [0.5, 0.6) is 5.75 Å². The van der Waals surface area contributed by atoms with Crippen molar-refractivity contribution in [2.45, 2.75) is 18.8 Å². The van der Waals surface area contributed by atoms with Gasteiger partial charge < -0.3 is 15.2 Å². The number of ether oxygens (including phenoxy) is 1. The molecule has 4 aromatic rings. The fourth-order valence-corrected chi connectivity index (χ4v) is 5.59. The lowest BCUT2D eigenvalue weighted by molar-refractivity contribution is 0.0703. The van der Waals surface area contributed by atoms with Gasteiger partial charge in [-0.25, -0.2) is 9.78 Å². The molecular weight excluding hydrogens is 428 g/mol. The number of thiazole rings is 1. The summed E-state index contributed by atoms with van der Waals surface area (Å²) in [4.78, 5) is 19.2. The zero-order valence-electron chi connectivity index (χ0n) is 16.8. The van der Waals surface area contributed by atoms with Gasteiger partial charge in [-0.05, 0) is 54.7 Å². The predicted molar refractivity (Wildman–Crippen MR) is 126 cm³/mol. The first-order chi connectivity index (χ1) is 15.1. The van der Waals surface area contributed by atoms with Gasteiger partial charge in [-0.2, -0.15) is 0 Å². The molecule has 1 aliphatic rings. The van der Waals surface area contributed by atoms with Gasteiger partial charge in [0.05, 0.1) is 18.5 Å². The molecule has 2 heterocycles. The van der Waals surface area contributed by atoms with Gasteiger partial charge in [0, 0.05) is 15.3 Å². The smallest absolute Gasteiger partial charge is 0.348 e. The van der Waals surface area contributed by atoms with E-state index in [1.165, 1.54) is 29.1 Å². The van der Waals surface area contributed by atoms with Crippen molar-refractivity contribution in [2.24, 2.45) is 0 Å². The van der Waals surface area contributed by atoms with Crippen molar-refractivity contribution in [3.63, 3.8) is 0 Å². The molecule has 5 nitrogen and oxygen atoms in total. The molecule has 0 radical (unpaired) electrons. The second kappa shape index (κ2) is 8.17. The lowest BCUT2D eigenvalue weighted by Gasteiger charge is -2.03. The number of benzene rings is 2. The largest absolute Gasteiger partial charge is 0.497 e. The Morgan fingerprint density at radius 1 is 1.06 bits per heavy atom. The van der Waals surface area contributed by atoms with Gasteiger partial charge in [0.25, 0.3) is 0 Å². The third-order valence-electron chi connectivity index (χ3n) is 5.19. The van der Waals surface area contributed by atoms with Crippen LogP contribution in [0.25, 0.3) is 21.7 Å². The van der Waals surface area contributed by atoms with Crippen molar-refractivity contribution < 1.29 is 14.6 Å². The molecule has 1 fully saturated rings. The molecule has 2 aromatic heterocycles. The molecular formula is C24H20N2O3S2. The minimum atomic E-state index is -0.941. The summed E-state index contributed by atoms with van der Waals surface area (Å²) in [5, 5.41) is 13.7. The van der Waals surface area contributed by atoms with Gasteiger partial charge in [-0.3, -0.25) is 0 Å². The highest BCUT2D eigenvalue weighted by molar-refractivity contribution is 7.18. The standard InChI is InChI=1S/C24H20N2O3S2/c1-29-17-11-9-15(10-12-17)20-21(16-7-8-16)31-24(26-20)25-18-13-19(30-22(18)23(27)28)14-5-3-2-4-6-14/h2-6,9-13,16H,7-8H2,1H3,(H,25,26)(H,27,28). The van der Waals surface area contributed by atoms with Crippen molar-refractivity contribution in [3.8, 4) is 27.4 Å². The van der Waals surface area contributed by atoms with Gasteiger partial charge in [-0.15, -0.1) is 22.7 Å². The van der Waals surface area contributed by atoms with Crippen LogP contribution < -0.4 is 10.1 Å². The van der Waals surface area contributed by atoms with E-state index in [1.54, 1.807) is 18.4 Å². The molecule has 5 rings (SSSR count). The molecule has 0 unspecified atom stereocenters. The average Bonchev–Trinajstić information content (AvgIpc) is 3.42. The number of hydrogen-bond acceptors (Lipinski definition) is 6. The number of carbonyl (C=O) groups is 1. The number of thiophene rings is 1. The Kier molecular flexibility index (Phi) is 5.21. The molecule has 0 amide bonds. The first-order valence-electron chi connectivity index (χ1n) is 9.97. The number of aromatic nitrogens is 1. The van der Waals surface area contributed by atoms with Crippen LogP contribution in [0.3, 0.4) is 0 Å². The van der Waals surface area contributed by atoms with Gasteiger partial charge in [-0.1, -0.05) is 30.3 Å². The second-order valence-electron chi connectivity index (χ2n) is 7.38. The van der Waals surface area contributed by atoms with Crippen LogP contribution in [-0.4, -0.2) is 23.2 Å². The molecule has 1 saturated carbocycles. The van der Waals surface area contributed by atoms with Crippen molar-refractivity contribution in [1.82, 2.24) is 4.98 Å². The highest BCUT2D eigenvalue weighted by Crippen LogP contribution is 2.49. The monoisotopic (exact) mass is 448 g/mol. The lowest BCUT2D eigenvalue weighted by Crippen LogP contribution is -1.98. The number of anilines is 2. The Balaban J connectivity index is 1.50. The van der Waals surface area contributed by atoms with Gasteiger partial charge in [0.2, 0.25) is 0 Å². The fraction of sp³-hybridized carbons (Fsp3) is 0.167. The van der Waals surface area contributed by atoms with Crippen LogP contribution in [0.15, 0.2) is 60.7 Å². The van der Waals surface area contributed by atoms with Gasteiger partial charge >= 0.3 is 5.97 Å². The maximum atomic E-state index is 11.9. The average molecular weight is 449 g/mol. The molecule has 0 spiro atoms. The topological polar surface area (TPSA) is 71.5 Å². The summed E-state index contributed by atoms with van der Waals surface area (Å²) in [7, 11) is 1.65. The molecule has 0 bridgehead atoms. The first kappa shape index (κ1) is 19.8. The number of hydrogen-bond donors (Lipinski definition) is 2. The van der Waals surface area contributed by atoms with Gasteiger partial charge in [0.1, 0.15) is 10.6 Å². The van der Waals surface area contributed by atoms with E-state index in [0.717, 1.165) is 27.4 Å². The van der Waals surface area contributed by atoms with Crippen molar-refractivity contribution in [1.29, 1.82) is 0 Å². The summed E-state index contributed by atoms with van der Waals surface area (Å²) in [6.45, 7) is 0. The van der Waals surface area contributed by atoms with Crippen LogP contribution in [0.1, 0.15) is 33.3 Å². The van der Waals surface area contributed by atoms with Crippen molar-refractivity contribution in [3.05, 3.63) is 70.4 Å². The fourth-order valence-electron chi connectivity index (χ4n) is 3.47. The summed E-state index contributed by atoms with van der Waals surface area (Å²) in [6, 6.07) is 19.6. The number of methoxy groups -OCH3 is 1. The second-order valence-corrected chi connectivity index (χ2v) is 9.47. The number of nitrogens with one attached hydrogen (secondary N) is 1. The van der Waals surface area contributed by atoms with E-state index in [-0.39, 0.29) is 4.88 Å². The quantitative estimate of drug-likeness (QED) is 0.323.